The molecule has 2 fully saturated rings. The summed E-state index contributed by atoms with van der Waals surface area (Å²) in [6.07, 6.45) is 13.6. The van der Waals surface area contributed by atoms with Crippen molar-refractivity contribution in [3.8, 4) is 11.5 Å². The van der Waals surface area contributed by atoms with Gasteiger partial charge < -0.3 is 10.2 Å². The molecule has 6 nitrogen and oxygen atoms in total. The molecule has 2 heterocycles. The maximum absolute atomic E-state index is 12.8. The molecule has 0 radical (unpaired) electrons. The molecule has 6 heteroatoms. The van der Waals surface area contributed by atoms with E-state index in [1.165, 1.54) is 24.8 Å². The Bertz CT molecular complexity index is 919. The lowest BCUT2D eigenvalue weighted by molar-refractivity contribution is -0.122. The molecule has 0 bridgehead atoms. The number of fused-ring (bicyclic) bond motifs is 1. The van der Waals surface area contributed by atoms with Crippen LogP contribution in [0, 0.1) is 0 Å². The monoisotopic (exact) mass is 405 g/mol. The maximum atomic E-state index is 12.8. The number of amides is 1. The molecule has 158 valence electrons. The molecule has 0 saturated heterocycles. The zero-order valence-electron chi connectivity index (χ0n) is 17.9. The molecular formula is C24H31N5O. The van der Waals surface area contributed by atoms with Crippen molar-refractivity contribution in [2.75, 3.05) is 11.9 Å². The Labute approximate surface area is 178 Å². The van der Waals surface area contributed by atoms with Gasteiger partial charge in [-0.1, -0.05) is 25.3 Å². The van der Waals surface area contributed by atoms with Crippen molar-refractivity contribution in [3.63, 3.8) is 0 Å². The van der Waals surface area contributed by atoms with E-state index >= 15 is 0 Å². The van der Waals surface area contributed by atoms with Crippen LogP contribution in [0.4, 0.5) is 5.82 Å². The highest BCUT2D eigenvalue weighted by Crippen LogP contribution is 2.47. The molecule has 0 aromatic carbocycles. The molecule has 30 heavy (non-hydrogen) atoms. The van der Waals surface area contributed by atoms with Crippen molar-refractivity contribution in [2.45, 2.75) is 82.2 Å². The standard InChI is InChI=1S/C24H31N5O/c1-29(24(13-14-24)16-21(30)26-17-8-3-2-4-9-17)23-18-10-7-12-19(18)27-22(28-23)20-11-5-6-15-25-20/h5-6,11,15,17H,2-4,7-10,12-14,16H2,1H3,(H,26,30). The molecule has 2 saturated carbocycles. The number of anilines is 1. The first kappa shape index (κ1) is 19.5. The van der Waals surface area contributed by atoms with E-state index in [1.807, 2.05) is 18.2 Å². The zero-order chi connectivity index (χ0) is 20.6. The SMILES string of the molecule is CN(c1nc(-c2ccccn2)nc2c1CCC2)C1(CC(=O)NC2CCCCC2)CC1. The molecule has 0 aliphatic heterocycles. The molecule has 0 atom stereocenters. The van der Waals surface area contributed by atoms with E-state index in [4.69, 9.17) is 9.97 Å². The van der Waals surface area contributed by atoms with E-state index in [-0.39, 0.29) is 11.4 Å². The molecule has 1 amide bonds. The predicted molar refractivity (Wildman–Crippen MR) is 117 cm³/mol. The third-order valence-corrected chi connectivity index (χ3v) is 7.12. The minimum absolute atomic E-state index is 0.106. The second kappa shape index (κ2) is 7.97. The first-order chi connectivity index (χ1) is 14.6. The number of aromatic nitrogens is 3. The Morgan fingerprint density at radius 2 is 1.97 bits per heavy atom. The molecule has 3 aliphatic carbocycles. The quantitative estimate of drug-likeness (QED) is 0.791. The van der Waals surface area contributed by atoms with Gasteiger partial charge in [0.2, 0.25) is 5.91 Å². The van der Waals surface area contributed by atoms with Crippen LogP contribution in [0.25, 0.3) is 11.5 Å². The van der Waals surface area contributed by atoms with Crippen molar-refractivity contribution < 1.29 is 4.79 Å². The number of carbonyl (C=O) groups is 1. The minimum Gasteiger partial charge on any atom is -0.353 e. The average Bonchev–Trinajstić information content (AvgIpc) is 3.39. The number of nitrogens with zero attached hydrogens (tertiary/aromatic N) is 4. The van der Waals surface area contributed by atoms with Gasteiger partial charge in [-0.15, -0.1) is 0 Å². The molecule has 2 aromatic heterocycles. The summed E-state index contributed by atoms with van der Waals surface area (Å²) in [5.41, 5.74) is 3.11. The summed E-state index contributed by atoms with van der Waals surface area (Å²) in [5, 5.41) is 3.30. The van der Waals surface area contributed by atoms with Crippen LogP contribution in [0.15, 0.2) is 24.4 Å². The summed E-state index contributed by atoms with van der Waals surface area (Å²) in [7, 11) is 2.12. The van der Waals surface area contributed by atoms with E-state index in [1.54, 1.807) is 6.20 Å². The molecule has 1 N–H and O–H groups in total. The van der Waals surface area contributed by atoms with E-state index in [0.29, 0.717) is 18.3 Å². The van der Waals surface area contributed by atoms with Gasteiger partial charge in [-0.2, -0.15) is 0 Å². The van der Waals surface area contributed by atoms with Gasteiger partial charge in [-0.25, -0.2) is 9.97 Å². The summed E-state index contributed by atoms with van der Waals surface area (Å²) in [6, 6.07) is 6.21. The molecule has 3 aliphatic rings. The lowest BCUT2D eigenvalue weighted by Crippen LogP contribution is -2.43. The largest absolute Gasteiger partial charge is 0.353 e. The molecule has 0 unspecified atom stereocenters. The number of pyridine rings is 1. The van der Waals surface area contributed by atoms with E-state index in [0.717, 1.165) is 62.2 Å². The highest BCUT2D eigenvalue weighted by Gasteiger charge is 2.49. The lowest BCUT2D eigenvalue weighted by atomic mass is 9.95. The Balaban J connectivity index is 1.38. The third-order valence-electron chi connectivity index (χ3n) is 7.12. The summed E-state index contributed by atoms with van der Waals surface area (Å²) >= 11 is 0. The predicted octanol–water partition coefficient (Wildman–Crippen LogP) is 3.84. The average molecular weight is 406 g/mol. The lowest BCUT2D eigenvalue weighted by Gasteiger charge is -2.31. The summed E-state index contributed by atoms with van der Waals surface area (Å²) < 4.78 is 0. The van der Waals surface area contributed by atoms with Crippen molar-refractivity contribution in [1.82, 2.24) is 20.3 Å². The Kier molecular flexibility index (Phi) is 5.17. The highest BCUT2D eigenvalue weighted by atomic mass is 16.1. The van der Waals surface area contributed by atoms with Gasteiger partial charge in [0.05, 0.1) is 5.54 Å². The maximum Gasteiger partial charge on any atom is 0.222 e. The number of aryl methyl sites for hydroxylation is 1. The smallest absolute Gasteiger partial charge is 0.222 e. The Morgan fingerprint density at radius 1 is 1.13 bits per heavy atom. The second-order valence-corrected chi connectivity index (χ2v) is 9.23. The fraction of sp³-hybridized carbons (Fsp3) is 0.583. The fourth-order valence-electron chi connectivity index (χ4n) is 5.12. The normalized spacial score (nSPS) is 19.9. The Hall–Kier alpha value is -2.50. The molecule has 2 aromatic rings. The van der Waals surface area contributed by atoms with Crippen LogP contribution < -0.4 is 10.2 Å². The van der Waals surface area contributed by atoms with E-state index < -0.39 is 0 Å². The first-order valence-electron chi connectivity index (χ1n) is 11.5. The third kappa shape index (κ3) is 3.80. The number of rotatable bonds is 6. The second-order valence-electron chi connectivity index (χ2n) is 9.23. The Morgan fingerprint density at radius 3 is 2.70 bits per heavy atom. The van der Waals surface area contributed by atoms with Gasteiger partial charge in [-0.3, -0.25) is 9.78 Å². The fourth-order valence-corrected chi connectivity index (χ4v) is 5.12. The number of hydrogen-bond donors (Lipinski definition) is 1. The molecule has 5 rings (SSSR count). The van der Waals surface area contributed by atoms with Gasteiger partial charge in [0.25, 0.3) is 0 Å². The van der Waals surface area contributed by atoms with Gasteiger partial charge in [0, 0.05) is 37.0 Å². The van der Waals surface area contributed by atoms with Crippen LogP contribution in [0.1, 0.15) is 69.0 Å². The van der Waals surface area contributed by atoms with Crippen molar-refractivity contribution in [2.24, 2.45) is 0 Å². The van der Waals surface area contributed by atoms with Gasteiger partial charge in [0.15, 0.2) is 5.82 Å². The van der Waals surface area contributed by atoms with Crippen molar-refractivity contribution in [1.29, 1.82) is 0 Å². The van der Waals surface area contributed by atoms with E-state index in [9.17, 15) is 4.79 Å². The summed E-state index contributed by atoms with van der Waals surface area (Å²) in [4.78, 5) is 29.4. The van der Waals surface area contributed by atoms with Gasteiger partial charge in [-0.05, 0) is 57.1 Å². The summed E-state index contributed by atoms with van der Waals surface area (Å²) in [5.74, 6) is 1.89. The van der Waals surface area contributed by atoms with Crippen LogP contribution >= 0.6 is 0 Å². The van der Waals surface area contributed by atoms with Crippen LogP contribution in [0.3, 0.4) is 0 Å². The number of hydrogen-bond acceptors (Lipinski definition) is 5. The zero-order valence-corrected chi connectivity index (χ0v) is 17.9. The van der Waals surface area contributed by atoms with Crippen LogP contribution in [0.2, 0.25) is 0 Å². The topological polar surface area (TPSA) is 71.0 Å². The number of nitrogens with one attached hydrogen (secondary N) is 1. The van der Waals surface area contributed by atoms with Gasteiger partial charge >= 0.3 is 0 Å². The first-order valence-corrected chi connectivity index (χ1v) is 11.5. The molecular weight excluding hydrogens is 374 g/mol. The van der Waals surface area contributed by atoms with E-state index in [2.05, 4.69) is 22.2 Å². The van der Waals surface area contributed by atoms with Crippen LogP contribution in [-0.4, -0.2) is 39.5 Å². The molecule has 0 spiro atoms. The van der Waals surface area contributed by atoms with Crippen LogP contribution in [-0.2, 0) is 17.6 Å². The van der Waals surface area contributed by atoms with Gasteiger partial charge in [0.1, 0.15) is 11.5 Å². The van der Waals surface area contributed by atoms with Crippen LogP contribution in [0.5, 0.6) is 0 Å². The summed E-state index contributed by atoms with van der Waals surface area (Å²) in [6.45, 7) is 0. The highest BCUT2D eigenvalue weighted by molar-refractivity contribution is 5.79. The minimum atomic E-state index is -0.106. The van der Waals surface area contributed by atoms with Crippen molar-refractivity contribution >= 4 is 11.7 Å². The number of carbonyl (C=O) groups excluding carboxylic acids is 1. The van der Waals surface area contributed by atoms with Crippen molar-refractivity contribution in [3.05, 3.63) is 35.7 Å².